The van der Waals surface area contributed by atoms with E-state index in [2.05, 4.69) is 16.4 Å². The number of hydrazine groups is 1. The predicted octanol–water partition coefficient (Wildman–Crippen LogP) is 3.22. The summed E-state index contributed by atoms with van der Waals surface area (Å²) in [6.07, 6.45) is 12.7. The fraction of sp³-hybridized carbons (Fsp3) is 0.526. The SMILES string of the molecule is Cc1ccncc1C(=O)N1CCCN1C(=S)NCCC1=CCCCC1. The van der Waals surface area contributed by atoms with Crippen LogP contribution in [-0.2, 0) is 0 Å². The van der Waals surface area contributed by atoms with Crippen LogP contribution in [0.3, 0.4) is 0 Å². The van der Waals surface area contributed by atoms with Crippen molar-refractivity contribution in [1.29, 1.82) is 0 Å². The minimum Gasteiger partial charge on any atom is -0.361 e. The lowest BCUT2D eigenvalue weighted by atomic mass is 9.97. The maximum atomic E-state index is 12.9. The molecule has 1 aromatic heterocycles. The van der Waals surface area contributed by atoms with Gasteiger partial charge in [0.25, 0.3) is 5.91 Å². The molecule has 0 radical (unpaired) electrons. The first-order valence-corrected chi connectivity index (χ1v) is 9.53. The Morgan fingerprint density at radius 1 is 1.28 bits per heavy atom. The van der Waals surface area contributed by atoms with Gasteiger partial charge in [0.1, 0.15) is 0 Å². The van der Waals surface area contributed by atoms with Crippen molar-refractivity contribution in [2.45, 2.75) is 45.4 Å². The molecule has 6 heteroatoms. The van der Waals surface area contributed by atoms with Gasteiger partial charge < -0.3 is 5.32 Å². The Morgan fingerprint density at radius 3 is 2.88 bits per heavy atom. The molecule has 0 spiro atoms. The van der Waals surface area contributed by atoms with Crippen LogP contribution in [0.25, 0.3) is 0 Å². The molecule has 0 bridgehead atoms. The summed E-state index contributed by atoms with van der Waals surface area (Å²) in [5, 5.41) is 7.62. The van der Waals surface area contributed by atoms with Gasteiger partial charge in [-0.1, -0.05) is 11.6 Å². The highest BCUT2D eigenvalue weighted by molar-refractivity contribution is 7.80. The summed E-state index contributed by atoms with van der Waals surface area (Å²) in [5.41, 5.74) is 3.11. The monoisotopic (exact) mass is 358 g/mol. The van der Waals surface area contributed by atoms with Gasteiger partial charge in [0, 0.05) is 32.0 Å². The molecule has 1 saturated heterocycles. The second-order valence-electron chi connectivity index (χ2n) is 6.69. The molecule has 0 atom stereocenters. The van der Waals surface area contributed by atoms with Gasteiger partial charge in [-0.3, -0.25) is 14.8 Å². The summed E-state index contributed by atoms with van der Waals surface area (Å²) < 4.78 is 0. The van der Waals surface area contributed by atoms with Crippen LogP contribution in [0.1, 0.15) is 54.4 Å². The van der Waals surface area contributed by atoms with Crippen molar-refractivity contribution in [3.63, 3.8) is 0 Å². The minimum atomic E-state index is -0.0257. The number of nitrogens with one attached hydrogen (secondary N) is 1. The standard InChI is InChI=1S/C19H26N4OS/c1-15-8-10-20-14-17(15)18(24)22-12-5-13-23(22)19(25)21-11-9-16-6-3-2-4-7-16/h6,8,10,14H,2-5,7,9,11-13H2,1H3,(H,21,25). The van der Waals surface area contributed by atoms with E-state index in [0.717, 1.165) is 31.5 Å². The van der Waals surface area contributed by atoms with Crippen LogP contribution in [0.5, 0.6) is 0 Å². The van der Waals surface area contributed by atoms with E-state index in [9.17, 15) is 4.79 Å². The lowest BCUT2D eigenvalue weighted by molar-refractivity contribution is 0.0490. The highest BCUT2D eigenvalue weighted by Gasteiger charge is 2.30. The summed E-state index contributed by atoms with van der Waals surface area (Å²) in [4.78, 5) is 16.9. The topological polar surface area (TPSA) is 48.5 Å². The van der Waals surface area contributed by atoms with Crippen LogP contribution in [0, 0.1) is 6.92 Å². The van der Waals surface area contributed by atoms with E-state index in [1.165, 1.54) is 31.3 Å². The number of pyridine rings is 1. The normalized spacial score (nSPS) is 17.4. The van der Waals surface area contributed by atoms with Gasteiger partial charge in [0.2, 0.25) is 0 Å². The molecule has 25 heavy (non-hydrogen) atoms. The maximum absolute atomic E-state index is 12.9. The van der Waals surface area contributed by atoms with E-state index in [1.54, 1.807) is 17.4 Å². The van der Waals surface area contributed by atoms with Gasteiger partial charge >= 0.3 is 0 Å². The number of thiocarbonyl (C=S) groups is 1. The van der Waals surface area contributed by atoms with E-state index in [4.69, 9.17) is 12.2 Å². The molecule has 2 aliphatic rings. The molecule has 1 aromatic rings. The first-order valence-electron chi connectivity index (χ1n) is 9.12. The Hall–Kier alpha value is -1.95. The third-order valence-electron chi connectivity index (χ3n) is 4.88. The second kappa shape index (κ2) is 8.43. The smallest absolute Gasteiger partial charge is 0.274 e. The van der Waals surface area contributed by atoms with Gasteiger partial charge in [-0.15, -0.1) is 0 Å². The molecule has 5 nitrogen and oxygen atoms in total. The lowest BCUT2D eigenvalue weighted by Crippen LogP contribution is -2.49. The number of allylic oxidation sites excluding steroid dienone is 1. The highest BCUT2D eigenvalue weighted by atomic mass is 32.1. The Kier molecular flexibility index (Phi) is 6.02. The number of rotatable bonds is 4. The van der Waals surface area contributed by atoms with Gasteiger partial charge in [-0.05, 0) is 69.3 Å². The predicted molar refractivity (Wildman–Crippen MR) is 103 cm³/mol. The van der Waals surface area contributed by atoms with Crippen molar-refractivity contribution >= 4 is 23.2 Å². The first kappa shape index (κ1) is 17.9. The van der Waals surface area contributed by atoms with Crippen LogP contribution in [-0.4, -0.2) is 45.7 Å². The van der Waals surface area contributed by atoms with Crippen molar-refractivity contribution in [2.75, 3.05) is 19.6 Å². The number of nitrogens with zero attached hydrogens (tertiary/aromatic N) is 3. The molecule has 3 rings (SSSR count). The zero-order valence-corrected chi connectivity index (χ0v) is 15.6. The Balaban J connectivity index is 1.57. The summed E-state index contributed by atoms with van der Waals surface area (Å²) in [7, 11) is 0. The number of carbonyl (C=O) groups excluding carboxylic acids is 1. The summed E-state index contributed by atoms with van der Waals surface area (Å²) in [6, 6.07) is 1.86. The number of hydrogen-bond donors (Lipinski definition) is 1. The van der Waals surface area contributed by atoms with Crippen molar-refractivity contribution in [1.82, 2.24) is 20.3 Å². The van der Waals surface area contributed by atoms with E-state index in [-0.39, 0.29) is 5.91 Å². The minimum absolute atomic E-state index is 0.0257. The molecule has 0 aromatic carbocycles. The summed E-state index contributed by atoms with van der Waals surface area (Å²) in [6.45, 7) is 4.23. The third-order valence-corrected chi connectivity index (χ3v) is 5.23. The Morgan fingerprint density at radius 2 is 2.12 bits per heavy atom. The average molecular weight is 359 g/mol. The molecule has 1 aliphatic heterocycles. The molecule has 134 valence electrons. The molecule has 0 saturated carbocycles. The first-order chi connectivity index (χ1) is 12.2. The third kappa shape index (κ3) is 4.37. The Bertz CT molecular complexity index is 673. The van der Waals surface area contributed by atoms with Crippen LogP contribution in [0.2, 0.25) is 0 Å². The van der Waals surface area contributed by atoms with Crippen molar-refractivity contribution in [3.8, 4) is 0 Å². The van der Waals surface area contributed by atoms with E-state index < -0.39 is 0 Å². The van der Waals surface area contributed by atoms with E-state index in [0.29, 0.717) is 17.2 Å². The van der Waals surface area contributed by atoms with Crippen molar-refractivity contribution < 1.29 is 4.79 Å². The second-order valence-corrected chi connectivity index (χ2v) is 7.07. The summed E-state index contributed by atoms with van der Waals surface area (Å²) >= 11 is 5.55. The zero-order chi connectivity index (χ0) is 17.6. The molecule has 1 aliphatic carbocycles. The van der Waals surface area contributed by atoms with Gasteiger partial charge in [-0.2, -0.15) is 0 Å². The molecule has 1 fully saturated rings. The number of carbonyl (C=O) groups is 1. The molecule has 2 heterocycles. The highest BCUT2D eigenvalue weighted by Crippen LogP contribution is 2.20. The molecular weight excluding hydrogens is 332 g/mol. The fourth-order valence-corrected chi connectivity index (χ4v) is 3.71. The number of amides is 1. The van der Waals surface area contributed by atoms with Gasteiger partial charge in [-0.25, -0.2) is 5.01 Å². The van der Waals surface area contributed by atoms with Gasteiger partial charge in [0.15, 0.2) is 5.11 Å². The van der Waals surface area contributed by atoms with Crippen molar-refractivity contribution in [3.05, 3.63) is 41.2 Å². The fourth-order valence-electron chi connectivity index (χ4n) is 3.41. The van der Waals surface area contributed by atoms with Crippen LogP contribution in [0.15, 0.2) is 30.1 Å². The molecule has 0 unspecified atom stereocenters. The average Bonchev–Trinajstić information content (AvgIpc) is 3.12. The molecule has 1 amide bonds. The van der Waals surface area contributed by atoms with E-state index in [1.807, 2.05) is 18.0 Å². The number of aromatic nitrogens is 1. The van der Waals surface area contributed by atoms with Crippen molar-refractivity contribution in [2.24, 2.45) is 0 Å². The van der Waals surface area contributed by atoms with E-state index >= 15 is 0 Å². The number of aryl methyl sites for hydroxylation is 1. The zero-order valence-electron chi connectivity index (χ0n) is 14.8. The summed E-state index contributed by atoms with van der Waals surface area (Å²) in [5.74, 6) is -0.0257. The van der Waals surface area contributed by atoms with Crippen LogP contribution < -0.4 is 5.32 Å². The quantitative estimate of drug-likeness (QED) is 0.661. The van der Waals surface area contributed by atoms with Crippen LogP contribution >= 0.6 is 12.2 Å². The number of hydrogen-bond acceptors (Lipinski definition) is 3. The maximum Gasteiger partial charge on any atom is 0.274 e. The lowest BCUT2D eigenvalue weighted by Gasteiger charge is -2.30. The molecule has 1 N–H and O–H groups in total. The largest absolute Gasteiger partial charge is 0.361 e. The Labute approximate surface area is 155 Å². The van der Waals surface area contributed by atoms with Gasteiger partial charge in [0.05, 0.1) is 5.56 Å². The van der Waals surface area contributed by atoms with Crippen LogP contribution in [0.4, 0.5) is 0 Å². The molecular formula is C19H26N4OS.